The molecule has 2 aliphatic rings. The van der Waals surface area contributed by atoms with Crippen LogP contribution in [-0.2, 0) is 19.1 Å². The Hall–Kier alpha value is -1.94. The van der Waals surface area contributed by atoms with Crippen LogP contribution in [-0.4, -0.2) is 37.1 Å². The van der Waals surface area contributed by atoms with E-state index in [0.717, 1.165) is 37.8 Å². The van der Waals surface area contributed by atoms with Crippen LogP contribution in [0, 0.1) is 34.5 Å². The average molecular weight is 785 g/mol. The molecule has 0 heterocycles. The molecule has 2 aliphatic carbocycles. The quantitative estimate of drug-likeness (QED) is 0.101. The first-order chi connectivity index (χ1) is 22.3. The van der Waals surface area contributed by atoms with Crippen LogP contribution in [0.25, 0.3) is 0 Å². The molecule has 8 nitrogen and oxygen atoms in total. The summed E-state index contributed by atoms with van der Waals surface area (Å²) in [4.78, 5) is 52.8. The number of carbonyl (C=O) groups excluding carboxylic acids is 4. The monoisotopic (exact) mass is 782 g/mol. The van der Waals surface area contributed by atoms with Crippen molar-refractivity contribution in [3.8, 4) is 11.5 Å². The predicted octanol–water partition coefficient (Wildman–Crippen LogP) is 10.6. The summed E-state index contributed by atoms with van der Waals surface area (Å²) in [6.07, 6.45) is 3.71. The summed E-state index contributed by atoms with van der Waals surface area (Å²) in [6.45, 7) is 12.6. The Morgan fingerprint density at radius 2 is 0.979 bits per heavy atom. The molecular weight excluding hydrogens is 749 g/mol. The summed E-state index contributed by atoms with van der Waals surface area (Å²) >= 11 is 37.7. The highest BCUT2D eigenvalue weighted by atomic mass is 35.5. The van der Waals surface area contributed by atoms with E-state index >= 15 is 0 Å². The highest BCUT2D eigenvalue weighted by Crippen LogP contribution is 2.52. The normalized spacial score (nSPS) is 23.3. The van der Waals surface area contributed by atoms with Gasteiger partial charge in [0.1, 0.15) is 11.1 Å². The van der Waals surface area contributed by atoms with E-state index in [2.05, 4.69) is 27.7 Å². The molecule has 0 aliphatic heterocycles. The molecule has 4 unspecified atom stereocenters. The molecular formula is C34H36Cl6O8. The summed E-state index contributed by atoms with van der Waals surface area (Å²) in [7, 11) is 0. The van der Waals surface area contributed by atoms with Crippen molar-refractivity contribution in [2.45, 2.75) is 67.2 Å². The van der Waals surface area contributed by atoms with Gasteiger partial charge in [-0.1, -0.05) is 111 Å². The fraction of sp³-hybridized carbons (Fsp3) is 0.529. The molecule has 0 saturated heterocycles. The minimum atomic E-state index is -1.64. The van der Waals surface area contributed by atoms with Crippen molar-refractivity contribution in [3.05, 3.63) is 53.4 Å². The first-order valence-corrected chi connectivity index (χ1v) is 17.7. The van der Waals surface area contributed by atoms with Crippen LogP contribution in [0.5, 0.6) is 11.5 Å². The number of carbonyl (C=O) groups is 4. The van der Waals surface area contributed by atoms with E-state index in [1.807, 2.05) is 13.8 Å². The molecule has 0 N–H and O–H groups in total. The molecule has 2 aromatic carbocycles. The lowest BCUT2D eigenvalue weighted by Crippen LogP contribution is -2.44. The Balaban J connectivity index is 1.55. The van der Waals surface area contributed by atoms with Gasteiger partial charge in [0.2, 0.25) is 0 Å². The Labute approximate surface area is 309 Å². The van der Waals surface area contributed by atoms with E-state index in [1.54, 1.807) is 0 Å². The maximum absolute atomic E-state index is 13.3. The third-order valence-corrected chi connectivity index (χ3v) is 11.9. The van der Waals surface area contributed by atoms with Crippen LogP contribution in [0.2, 0.25) is 30.1 Å². The first-order valence-electron chi connectivity index (χ1n) is 15.4. The minimum absolute atomic E-state index is 0.0660. The van der Waals surface area contributed by atoms with Gasteiger partial charge >= 0.3 is 23.9 Å². The van der Waals surface area contributed by atoms with E-state index in [1.165, 1.54) is 0 Å². The smallest absolute Gasteiger partial charge is 0.423 e. The van der Waals surface area contributed by atoms with Gasteiger partial charge in [-0.3, -0.25) is 0 Å². The summed E-state index contributed by atoms with van der Waals surface area (Å²) in [5, 5.41) is -1.47. The zero-order chi connectivity index (χ0) is 35.9. The van der Waals surface area contributed by atoms with Gasteiger partial charge in [-0.2, -0.15) is 0 Å². The predicted molar refractivity (Wildman–Crippen MR) is 186 cm³/mol. The van der Waals surface area contributed by atoms with Crippen LogP contribution in [0.1, 0.15) is 87.9 Å². The zero-order valence-electron chi connectivity index (χ0n) is 27.2. The number of ether oxygens (including phenoxy) is 4. The zero-order valence-corrected chi connectivity index (χ0v) is 31.8. The van der Waals surface area contributed by atoms with E-state index in [9.17, 15) is 19.2 Å². The molecule has 0 spiro atoms. The SMILES string of the molecule is CC(C)C1CCC1(C)COC(=O)c1c(Cl)c(Cl)cc(Cl)c1OC(=O)C(=O)Oc1c(Cl)cc(Cl)c(Cl)c1C(=O)OCC1(C)CCC1C(C)C. The third kappa shape index (κ3) is 7.84. The highest BCUT2D eigenvalue weighted by Gasteiger charge is 2.46. The Bertz CT molecular complexity index is 1520. The van der Waals surface area contributed by atoms with Crippen LogP contribution < -0.4 is 9.47 Å². The molecule has 4 atom stereocenters. The number of esters is 4. The van der Waals surface area contributed by atoms with Crippen LogP contribution in [0.4, 0.5) is 0 Å². The van der Waals surface area contributed by atoms with Crippen LogP contribution in [0.3, 0.4) is 0 Å². The van der Waals surface area contributed by atoms with Crippen molar-refractivity contribution in [1.29, 1.82) is 0 Å². The second-order valence-corrected chi connectivity index (χ2v) is 16.1. The van der Waals surface area contributed by atoms with E-state index in [0.29, 0.717) is 23.7 Å². The van der Waals surface area contributed by atoms with Crippen molar-refractivity contribution >= 4 is 93.5 Å². The fourth-order valence-corrected chi connectivity index (χ4v) is 8.28. The molecule has 0 radical (unpaired) electrons. The number of hydrogen-bond acceptors (Lipinski definition) is 8. The number of benzene rings is 2. The lowest BCUT2D eigenvalue weighted by molar-refractivity contribution is -0.156. The van der Waals surface area contributed by atoms with E-state index in [-0.39, 0.29) is 54.2 Å². The molecule has 0 amide bonds. The van der Waals surface area contributed by atoms with Crippen molar-refractivity contribution in [1.82, 2.24) is 0 Å². The molecule has 14 heteroatoms. The third-order valence-electron chi connectivity index (χ3n) is 9.74. The van der Waals surface area contributed by atoms with E-state index < -0.39 is 46.5 Å². The van der Waals surface area contributed by atoms with Crippen LogP contribution in [0.15, 0.2) is 12.1 Å². The molecule has 0 aromatic heterocycles. The Morgan fingerprint density at radius 3 is 1.25 bits per heavy atom. The number of halogens is 6. The average Bonchev–Trinajstić information content (AvgIpc) is 2.98. The van der Waals surface area contributed by atoms with Crippen LogP contribution >= 0.6 is 69.6 Å². The van der Waals surface area contributed by atoms with Gasteiger partial charge in [-0.25, -0.2) is 19.2 Å². The molecule has 48 heavy (non-hydrogen) atoms. The lowest BCUT2D eigenvalue weighted by atomic mass is 9.58. The largest absolute Gasteiger partial charge is 0.461 e. The molecule has 2 aromatic rings. The van der Waals surface area contributed by atoms with Crippen molar-refractivity contribution in [2.75, 3.05) is 13.2 Å². The van der Waals surface area contributed by atoms with Crippen molar-refractivity contribution in [3.63, 3.8) is 0 Å². The standard InChI is InChI=1S/C34H36Cl6O8/c1-15(2)17-7-9-33(17,5)13-45-29(41)23-25(39)19(35)11-21(37)27(23)47-31(43)32(44)48-28-22(38)12-20(36)26(40)24(28)30(42)46-14-34(6)10-8-18(34)16(3)4/h11-12,15-18H,7-10,13-14H2,1-6H3. The summed E-state index contributed by atoms with van der Waals surface area (Å²) in [5.41, 5.74) is -1.44. The van der Waals surface area contributed by atoms with E-state index in [4.69, 9.17) is 88.6 Å². The van der Waals surface area contributed by atoms with Gasteiger partial charge in [0, 0.05) is 10.8 Å². The topological polar surface area (TPSA) is 105 Å². The molecule has 2 fully saturated rings. The van der Waals surface area contributed by atoms with Gasteiger partial charge in [0.15, 0.2) is 11.5 Å². The minimum Gasteiger partial charge on any atom is -0.461 e. The van der Waals surface area contributed by atoms with Gasteiger partial charge in [0.05, 0.1) is 43.3 Å². The molecule has 2 saturated carbocycles. The Morgan fingerprint density at radius 1 is 0.646 bits per heavy atom. The summed E-state index contributed by atoms with van der Waals surface area (Å²) in [5.74, 6) is -4.93. The van der Waals surface area contributed by atoms with Gasteiger partial charge in [-0.05, 0) is 61.5 Å². The fourth-order valence-electron chi connectivity index (χ4n) is 6.84. The second kappa shape index (κ2) is 15.1. The number of hydrogen-bond donors (Lipinski definition) is 0. The van der Waals surface area contributed by atoms with Crippen molar-refractivity contribution < 1.29 is 38.1 Å². The van der Waals surface area contributed by atoms with Gasteiger partial charge in [-0.15, -0.1) is 0 Å². The Kier molecular flexibility index (Phi) is 12.2. The lowest BCUT2D eigenvalue weighted by Gasteiger charge is -2.49. The first kappa shape index (κ1) is 38.9. The molecule has 4 rings (SSSR count). The van der Waals surface area contributed by atoms with Gasteiger partial charge < -0.3 is 18.9 Å². The van der Waals surface area contributed by atoms with Crippen molar-refractivity contribution in [2.24, 2.45) is 34.5 Å². The van der Waals surface area contributed by atoms with Gasteiger partial charge in [0.25, 0.3) is 0 Å². The maximum Gasteiger partial charge on any atom is 0.423 e. The maximum atomic E-state index is 13.3. The summed E-state index contributed by atoms with van der Waals surface area (Å²) < 4.78 is 21.7. The summed E-state index contributed by atoms with van der Waals surface area (Å²) in [6, 6.07) is 2.27. The highest BCUT2D eigenvalue weighted by molar-refractivity contribution is 6.47. The number of rotatable bonds is 10. The molecule has 262 valence electrons. The molecule has 0 bridgehead atoms. The second-order valence-electron chi connectivity index (χ2n) is 13.7.